The third-order valence-electron chi connectivity index (χ3n) is 2.43. The first-order chi connectivity index (χ1) is 7.95. The highest BCUT2D eigenvalue weighted by Crippen LogP contribution is 2.44. The van der Waals surface area contributed by atoms with Gasteiger partial charge >= 0.3 is 0 Å². The van der Waals surface area contributed by atoms with Crippen LogP contribution in [0.3, 0.4) is 0 Å². The molecule has 0 radical (unpaired) electrons. The van der Waals surface area contributed by atoms with Crippen LogP contribution < -0.4 is 0 Å². The molecular weight excluding hydrogens is 218 g/mol. The first-order valence-corrected chi connectivity index (χ1v) is 6.53. The van der Waals surface area contributed by atoms with Gasteiger partial charge in [0, 0.05) is 5.56 Å². The van der Waals surface area contributed by atoms with Gasteiger partial charge in [0.15, 0.2) is 0 Å². The Morgan fingerprint density at radius 3 is 2.44 bits per heavy atom. The van der Waals surface area contributed by atoms with Crippen molar-refractivity contribution >= 4 is 10.9 Å². The maximum atomic E-state index is 4.26. The van der Waals surface area contributed by atoms with Crippen molar-refractivity contribution in [2.75, 3.05) is 0 Å². The molecule has 0 unspecified atom stereocenters. The number of nitrogens with zero attached hydrogens (tertiary/aromatic N) is 2. The van der Waals surface area contributed by atoms with E-state index < -0.39 is 10.9 Å². The van der Waals surface area contributed by atoms with Crippen molar-refractivity contribution in [2.24, 2.45) is 0 Å². The van der Waals surface area contributed by atoms with Gasteiger partial charge < -0.3 is 0 Å². The Morgan fingerprint density at radius 1 is 0.938 bits per heavy atom. The van der Waals surface area contributed by atoms with E-state index in [-0.39, 0.29) is 0 Å². The molecule has 1 aliphatic rings. The van der Waals surface area contributed by atoms with Crippen LogP contribution in [-0.2, 0) is 0 Å². The number of benzene rings is 1. The Kier molecular flexibility index (Phi) is 2.34. The van der Waals surface area contributed by atoms with Gasteiger partial charge in [0.2, 0.25) is 0 Å². The first-order valence-electron chi connectivity index (χ1n) is 5.05. The zero-order valence-corrected chi connectivity index (χ0v) is 9.43. The monoisotopic (exact) mass is 229 g/mol. The van der Waals surface area contributed by atoms with Gasteiger partial charge in [-0.15, -0.1) is 0 Å². The molecule has 2 aromatic rings. The minimum Gasteiger partial charge on any atom is -0.196 e. The van der Waals surface area contributed by atoms with Crippen LogP contribution in [0.15, 0.2) is 58.3 Å². The van der Waals surface area contributed by atoms with Crippen molar-refractivity contribution in [3.05, 3.63) is 53.3 Å². The van der Waals surface area contributed by atoms with Crippen LogP contribution in [0, 0.1) is 0 Å². The lowest BCUT2D eigenvalue weighted by molar-refractivity contribution is 0.911. The molecule has 3 nitrogen and oxygen atoms in total. The van der Waals surface area contributed by atoms with Crippen molar-refractivity contribution < 1.29 is 0 Å². The van der Waals surface area contributed by atoms with Gasteiger partial charge in [-0.3, -0.25) is 0 Å². The fourth-order valence-electron chi connectivity index (χ4n) is 1.67. The summed E-state index contributed by atoms with van der Waals surface area (Å²) in [5.74, 6) is 0. The van der Waals surface area contributed by atoms with Crippen molar-refractivity contribution in [1.29, 1.82) is 0 Å². The number of thiol groups is 1. The Labute approximate surface area is 96.2 Å². The lowest BCUT2D eigenvalue weighted by atomic mass is 10.2. The minimum absolute atomic E-state index is 0.414. The van der Waals surface area contributed by atoms with Gasteiger partial charge in [0.25, 0.3) is 0 Å². The molecule has 2 heterocycles. The molecule has 0 spiro atoms. The van der Waals surface area contributed by atoms with E-state index in [0.29, 0.717) is 0 Å². The maximum Gasteiger partial charge on any atom is 0.134 e. The summed E-state index contributed by atoms with van der Waals surface area (Å²) in [6.45, 7) is 0. The summed E-state index contributed by atoms with van der Waals surface area (Å²) in [7, 11) is -0.414. The molecule has 4 heteroatoms. The summed E-state index contributed by atoms with van der Waals surface area (Å²) < 4.78 is 0. The van der Waals surface area contributed by atoms with E-state index in [2.05, 4.69) is 50.5 Å². The van der Waals surface area contributed by atoms with Gasteiger partial charge in [0.1, 0.15) is 10.7 Å². The van der Waals surface area contributed by atoms with Gasteiger partial charge in [-0.1, -0.05) is 42.5 Å². The highest BCUT2D eigenvalue weighted by molar-refractivity contribution is 8.22. The fraction of sp³-hybridized carbons (Fsp3) is 0. The van der Waals surface area contributed by atoms with Crippen molar-refractivity contribution in [3.63, 3.8) is 0 Å². The molecule has 0 bridgehead atoms. The van der Waals surface area contributed by atoms with E-state index in [1.807, 2.05) is 18.2 Å². The molecule has 0 amide bonds. The van der Waals surface area contributed by atoms with Crippen LogP contribution in [0.4, 0.5) is 0 Å². The number of hydrogen-bond acceptors (Lipinski definition) is 2. The zero-order valence-electron chi connectivity index (χ0n) is 8.54. The molecule has 1 aromatic carbocycles. The zero-order chi connectivity index (χ0) is 10.8. The average molecular weight is 229 g/mol. The van der Waals surface area contributed by atoms with Gasteiger partial charge in [0.05, 0.1) is 0 Å². The summed E-state index contributed by atoms with van der Waals surface area (Å²) in [4.78, 5) is 0. The SMILES string of the molecule is C1=C[SH](c2n[nH]nc2-c2ccccc2)C=C1. The standard InChI is InChI=1S/C12H11N3S/c1-2-6-10(7-3-1)11-12(14-15-13-11)16-8-4-5-9-16/h1-9,16H,(H,13,14,15). The summed E-state index contributed by atoms with van der Waals surface area (Å²) in [6, 6.07) is 10.1. The first kappa shape index (κ1) is 9.42. The summed E-state index contributed by atoms with van der Waals surface area (Å²) in [5.41, 5.74) is 2.07. The van der Waals surface area contributed by atoms with E-state index in [1.54, 1.807) is 0 Å². The van der Waals surface area contributed by atoms with Crippen LogP contribution in [0.25, 0.3) is 11.3 Å². The topological polar surface area (TPSA) is 41.6 Å². The Morgan fingerprint density at radius 2 is 1.69 bits per heavy atom. The Balaban J connectivity index is 2.06. The predicted octanol–water partition coefficient (Wildman–Crippen LogP) is 2.87. The van der Waals surface area contributed by atoms with Crippen molar-refractivity contribution in [2.45, 2.75) is 5.03 Å². The van der Waals surface area contributed by atoms with Crippen LogP contribution in [0.5, 0.6) is 0 Å². The number of aromatic amines is 1. The molecule has 0 aliphatic carbocycles. The van der Waals surface area contributed by atoms with Crippen LogP contribution in [-0.4, -0.2) is 15.4 Å². The molecule has 16 heavy (non-hydrogen) atoms. The molecule has 0 saturated heterocycles. The summed E-state index contributed by atoms with van der Waals surface area (Å²) in [5, 5.41) is 16.6. The van der Waals surface area contributed by atoms with E-state index in [9.17, 15) is 0 Å². The van der Waals surface area contributed by atoms with E-state index >= 15 is 0 Å². The van der Waals surface area contributed by atoms with Crippen LogP contribution >= 0.6 is 10.9 Å². The number of aromatic nitrogens is 3. The Hall–Kier alpha value is -1.81. The minimum atomic E-state index is -0.414. The summed E-state index contributed by atoms with van der Waals surface area (Å²) in [6.07, 6.45) is 4.13. The van der Waals surface area contributed by atoms with E-state index in [0.717, 1.165) is 16.3 Å². The third kappa shape index (κ3) is 1.57. The molecule has 0 fully saturated rings. The smallest absolute Gasteiger partial charge is 0.134 e. The van der Waals surface area contributed by atoms with E-state index in [4.69, 9.17) is 0 Å². The fourth-order valence-corrected chi connectivity index (χ4v) is 3.21. The second-order valence-electron chi connectivity index (χ2n) is 3.45. The lowest BCUT2D eigenvalue weighted by Crippen LogP contribution is -1.82. The highest BCUT2D eigenvalue weighted by Gasteiger charge is 2.14. The van der Waals surface area contributed by atoms with Crippen LogP contribution in [0.1, 0.15) is 0 Å². The third-order valence-corrected chi connectivity index (χ3v) is 4.21. The molecule has 3 rings (SSSR count). The number of H-pyrrole nitrogens is 1. The van der Waals surface area contributed by atoms with Gasteiger partial charge in [-0.2, -0.15) is 26.3 Å². The second-order valence-corrected chi connectivity index (χ2v) is 5.29. The normalized spacial score (nSPS) is 15.9. The average Bonchev–Trinajstić information content (AvgIpc) is 3.01. The van der Waals surface area contributed by atoms with Crippen molar-refractivity contribution in [1.82, 2.24) is 15.4 Å². The molecule has 0 atom stereocenters. The largest absolute Gasteiger partial charge is 0.196 e. The number of rotatable bonds is 2. The van der Waals surface area contributed by atoms with Crippen LogP contribution in [0.2, 0.25) is 0 Å². The lowest BCUT2D eigenvalue weighted by Gasteiger charge is -2.07. The van der Waals surface area contributed by atoms with Gasteiger partial charge in [-0.25, -0.2) is 0 Å². The second kappa shape index (κ2) is 3.98. The number of nitrogens with one attached hydrogen (secondary N) is 1. The molecule has 1 aromatic heterocycles. The number of allylic oxidation sites excluding steroid dienone is 2. The predicted molar refractivity (Wildman–Crippen MR) is 67.4 cm³/mol. The molecule has 80 valence electrons. The van der Waals surface area contributed by atoms with Gasteiger partial charge in [-0.05, 0) is 10.8 Å². The molecule has 1 N–H and O–H groups in total. The number of hydrogen-bond donors (Lipinski definition) is 2. The Bertz CT molecular complexity index is 530. The maximum absolute atomic E-state index is 4.26. The highest BCUT2D eigenvalue weighted by atomic mass is 32.2. The van der Waals surface area contributed by atoms with E-state index in [1.165, 1.54) is 0 Å². The molecule has 1 aliphatic heterocycles. The van der Waals surface area contributed by atoms with Crippen molar-refractivity contribution in [3.8, 4) is 11.3 Å². The quantitative estimate of drug-likeness (QED) is 0.777. The molecular formula is C12H11N3S. The summed E-state index contributed by atoms with van der Waals surface area (Å²) >= 11 is 0. The molecule has 0 saturated carbocycles.